The van der Waals surface area contributed by atoms with Crippen LogP contribution in [-0.2, 0) is 35.6 Å². The molecule has 14 heteroatoms. The van der Waals surface area contributed by atoms with E-state index >= 15 is 0 Å². The number of likely N-dealkylation sites (tertiary alicyclic amines) is 1. The van der Waals surface area contributed by atoms with Crippen molar-refractivity contribution < 1.29 is 42.2 Å². The van der Waals surface area contributed by atoms with Gasteiger partial charge in [-0.1, -0.05) is 0 Å². The second-order valence-corrected chi connectivity index (χ2v) is 10.6. The van der Waals surface area contributed by atoms with Crippen molar-refractivity contribution in [2.24, 2.45) is 0 Å². The maximum atomic E-state index is 14.2. The maximum Gasteiger partial charge on any atom is 0.409 e. The van der Waals surface area contributed by atoms with Gasteiger partial charge < -0.3 is 23.8 Å². The van der Waals surface area contributed by atoms with Gasteiger partial charge in [0.25, 0.3) is 5.91 Å². The lowest BCUT2D eigenvalue weighted by molar-refractivity contribution is -0.185. The zero-order valence-electron chi connectivity index (χ0n) is 22.3. The van der Waals surface area contributed by atoms with Gasteiger partial charge in [0.2, 0.25) is 10.0 Å². The second-order valence-electron chi connectivity index (χ2n) is 8.74. The van der Waals surface area contributed by atoms with E-state index in [0.29, 0.717) is 11.3 Å². The van der Waals surface area contributed by atoms with E-state index in [1.807, 2.05) is 0 Å². The normalized spacial score (nSPS) is 20.4. The lowest BCUT2D eigenvalue weighted by Gasteiger charge is -2.50. The first-order chi connectivity index (χ1) is 18.7. The van der Waals surface area contributed by atoms with E-state index in [2.05, 4.69) is 4.98 Å². The molecule has 3 rings (SSSR count). The number of nitrogens with one attached hydrogen (secondary N) is 1. The predicted molar refractivity (Wildman–Crippen MR) is 137 cm³/mol. The lowest BCUT2D eigenvalue weighted by Crippen LogP contribution is -2.71. The second kappa shape index (κ2) is 13.2. The fourth-order valence-corrected chi connectivity index (χ4v) is 6.37. The Kier molecular flexibility index (Phi) is 10.2. The van der Waals surface area contributed by atoms with Crippen LogP contribution in [0.2, 0.25) is 0 Å². The van der Waals surface area contributed by atoms with Gasteiger partial charge in [-0.25, -0.2) is 18.7 Å². The van der Waals surface area contributed by atoms with Gasteiger partial charge in [0, 0.05) is 39.7 Å². The molecule has 214 valence electrons. The highest BCUT2D eigenvalue weighted by atomic mass is 32.2. The van der Waals surface area contributed by atoms with Crippen molar-refractivity contribution in [1.29, 1.82) is 0 Å². The molecule has 2 amide bonds. The molecule has 0 radical (unpaired) electrons. The Morgan fingerprint density at radius 1 is 1.18 bits per heavy atom. The van der Waals surface area contributed by atoms with Crippen LogP contribution in [-0.4, -0.2) is 98.6 Å². The van der Waals surface area contributed by atoms with E-state index in [4.69, 9.17) is 18.9 Å². The van der Waals surface area contributed by atoms with Gasteiger partial charge in [-0.05, 0) is 55.3 Å². The molecule has 0 aliphatic carbocycles. The number of hydrogen-bond acceptors (Lipinski definition) is 10. The number of piperidine rings is 1. The molecule has 13 nitrogen and oxygen atoms in total. The first kappa shape index (κ1) is 30.2. The molecule has 1 aliphatic rings. The van der Waals surface area contributed by atoms with E-state index < -0.39 is 39.8 Å². The summed E-state index contributed by atoms with van der Waals surface area (Å²) in [6.07, 6.45) is 1.43. The number of amides is 2. The Hall–Kier alpha value is -3.30. The quantitative estimate of drug-likeness (QED) is 0.301. The van der Waals surface area contributed by atoms with Crippen molar-refractivity contribution >= 4 is 22.0 Å². The van der Waals surface area contributed by atoms with Gasteiger partial charge in [-0.3, -0.25) is 15.0 Å². The Bertz CT molecular complexity index is 1210. The smallest absolute Gasteiger partial charge is 0.409 e. The van der Waals surface area contributed by atoms with Crippen LogP contribution in [0, 0.1) is 0 Å². The summed E-state index contributed by atoms with van der Waals surface area (Å²) >= 11 is 0. The molecule has 2 unspecified atom stereocenters. The van der Waals surface area contributed by atoms with Crippen molar-refractivity contribution in [3.05, 3.63) is 54.4 Å². The summed E-state index contributed by atoms with van der Waals surface area (Å²) in [5.41, 5.74) is 0.526. The number of benzene rings is 1. The van der Waals surface area contributed by atoms with Gasteiger partial charge in [0.1, 0.15) is 23.5 Å². The number of rotatable bonds is 11. The molecule has 1 saturated heterocycles. The third kappa shape index (κ3) is 6.31. The summed E-state index contributed by atoms with van der Waals surface area (Å²) in [5.74, 6) is -0.590. The number of carbonyl (C=O) groups excluding carboxylic acids is 2. The number of hydroxylamine groups is 1. The average Bonchev–Trinajstić information content (AvgIpc) is 2.97. The molecule has 2 N–H and O–H groups in total. The average molecular weight is 567 g/mol. The van der Waals surface area contributed by atoms with E-state index in [-0.39, 0.29) is 37.6 Å². The molecule has 1 aromatic heterocycles. The lowest BCUT2D eigenvalue weighted by atomic mass is 9.80. The summed E-state index contributed by atoms with van der Waals surface area (Å²) in [6, 6.07) is 7.29. The number of methoxy groups -OCH3 is 3. The van der Waals surface area contributed by atoms with Crippen LogP contribution >= 0.6 is 0 Å². The highest BCUT2D eigenvalue weighted by molar-refractivity contribution is 7.89. The molecule has 2 aromatic rings. The fourth-order valence-electron chi connectivity index (χ4n) is 4.75. The summed E-state index contributed by atoms with van der Waals surface area (Å²) in [7, 11) is -0.252. The SMILES string of the molecule is CCOC(=O)N1CCC(OC)([C@H](C(=O)NO)N(Cc2ccncc2)S(=O)(=O)c2ccc(OC)cc2)C(OC)C1. The van der Waals surface area contributed by atoms with Gasteiger partial charge in [-0.2, -0.15) is 4.31 Å². The molecule has 1 aromatic carbocycles. The third-order valence-electron chi connectivity index (χ3n) is 6.76. The molecular formula is C25H34N4O9S. The monoisotopic (exact) mass is 566 g/mol. The van der Waals surface area contributed by atoms with Crippen molar-refractivity contribution in [2.45, 2.75) is 42.5 Å². The van der Waals surface area contributed by atoms with Crippen molar-refractivity contribution in [1.82, 2.24) is 19.7 Å². The molecule has 0 bridgehead atoms. The molecule has 2 heterocycles. The van der Waals surface area contributed by atoms with Gasteiger partial charge in [0.05, 0.1) is 25.2 Å². The minimum Gasteiger partial charge on any atom is -0.497 e. The van der Waals surface area contributed by atoms with E-state index in [9.17, 15) is 23.2 Å². The number of nitrogens with zero attached hydrogens (tertiary/aromatic N) is 3. The summed E-state index contributed by atoms with van der Waals surface area (Å²) in [5, 5.41) is 9.81. The van der Waals surface area contributed by atoms with Gasteiger partial charge >= 0.3 is 6.09 Å². The van der Waals surface area contributed by atoms with Crippen LogP contribution in [0.25, 0.3) is 0 Å². The number of pyridine rings is 1. The Morgan fingerprint density at radius 3 is 2.38 bits per heavy atom. The topological polar surface area (TPSA) is 157 Å². The molecule has 1 aliphatic heterocycles. The van der Waals surface area contributed by atoms with E-state index in [0.717, 1.165) is 4.31 Å². The number of sulfonamides is 1. The van der Waals surface area contributed by atoms with Crippen LogP contribution in [0.15, 0.2) is 53.7 Å². The number of carbonyl (C=O) groups is 2. The first-order valence-corrected chi connectivity index (χ1v) is 13.6. The summed E-state index contributed by atoms with van der Waals surface area (Å²) in [4.78, 5) is 31.1. The van der Waals surface area contributed by atoms with E-state index in [1.165, 1.54) is 62.9 Å². The van der Waals surface area contributed by atoms with Crippen LogP contribution in [0.1, 0.15) is 18.9 Å². The zero-order valence-corrected chi connectivity index (χ0v) is 23.1. The van der Waals surface area contributed by atoms with Gasteiger partial charge in [0.15, 0.2) is 0 Å². The number of ether oxygens (including phenoxy) is 4. The summed E-state index contributed by atoms with van der Waals surface area (Å²) < 4.78 is 51.2. The van der Waals surface area contributed by atoms with Crippen molar-refractivity contribution in [3.8, 4) is 5.75 Å². The van der Waals surface area contributed by atoms with Crippen LogP contribution < -0.4 is 10.2 Å². The van der Waals surface area contributed by atoms with Crippen molar-refractivity contribution in [2.75, 3.05) is 41.0 Å². The highest BCUT2D eigenvalue weighted by Gasteiger charge is 2.58. The number of hydrogen-bond donors (Lipinski definition) is 2. The highest BCUT2D eigenvalue weighted by Crippen LogP contribution is 2.38. The maximum absolute atomic E-state index is 14.2. The zero-order chi connectivity index (χ0) is 28.6. The standard InChI is InChI=1S/C25H34N4O9S/c1-5-38-24(31)28-15-12-25(37-4,21(17-28)36-3)22(23(30)27-32)29(16-18-10-13-26-14-11-18)39(33,34)20-8-6-19(35-2)7-9-20/h6-11,13-14,21-22,32H,5,12,15-17H2,1-4H3,(H,27,30)/t21?,22-,25?/m0/s1. The molecule has 3 atom stereocenters. The Labute approximate surface area is 227 Å². The third-order valence-corrected chi connectivity index (χ3v) is 8.58. The number of aromatic nitrogens is 1. The first-order valence-electron chi connectivity index (χ1n) is 12.2. The molecule has 39 heavy (non-hydrogen) atoms. The van der Waals surface area contributed by atoms with Crippen LogP contribution in [0.5, 0.6) is 5.75 Å². The van der Waals surface area contributed by atoms with Crippen LogP contribution in [0.3, 0.4) is 0 Å². The Balaban J connectivity index is 2.17. The predicted octanol–water partition coefficient (Wildman–Crippen LogP) is 1.42. The minimum atomic E-state index is -4.40. The largest absolute Gasteiger partial charge is 0.497 e. The van der Waals surface area contributed by atoms with Crippen molar-refractivity contribution in [3.63, 3.8) is 0 Å². The van der Waals surface area contributed by atoms with Crippen LogP contribution in [0.4, 0.5) is 4.79 Å². The summed E-state index contributed by atoms with van der Waals surface area (Å²) in [6.45, 7) is 1.60. The molecule has 0 saturated carbocycles. The van der Waals surface area contributed by atoms with Gasteiger partial charge in [-0.15, -0.1) is 0 Å². The molecular weight excluding hydrogens is 532 g/mol. The molecule has 1 fully saturated rings. The Morgan fingerprint density at radius 2 is 1.85 bits per heavy atom. The van der Waals surface area contributed by atoms with E-state index in [1.54, 1.807) is 24.5 Å². The minimum absolute atomic E-state index is 0.0100. The molecule has 0 spiro atoms. The fraction of sp³-hybridized carbons (Fsp3) is 0.480.